The standard InChI is InChI=1S/C19H25ClN2O2.C4H4O4/c1-19(2)10-11-6-12(20)7-16(17(11)24-19)18(23)21-13-8-14-4-5-15(9-13)22(14)3;5-3(6)1-2-4(7)8/h6-7,13-15H,4-5,8-10H2,1-3H3,(H,21,23);1-2H,(H,5,6)(H,7,8)/t13?,14-,15+;. The van der Waals surface area contributed by atoms with Crippen molar-refractivity contribution in [3.8, 4) is 5.75 Å². The average Bonchev–Trinajstić information content (AvgIpc) is 3.08. The number of benzene rings is 1. The third-order valence-corrected chi connectivity index (χ3v) is 6.39. The zero-order chi connectivity index (χ0) is 23.6. The van der Waals surface area contributed by atoms with Gasteiger partial charge in [-0.1, -0.05) is 11.6 Å². The van der Waals surface area contributed by atoms with E-state index in [0.717, 1.165) is 24.8 Å². The summed E-state index contributed by atoms with van der Waals surface area (Å²) in [5, 5.41) is 19.5. The van der Waals surface area contributed by atoms with Crippen molar-refractivity contribution in [2.24, 2.45) is 0 Å². The van der Waals surface area contributed by atoms with Gasteiger partial charge in [0.05, 0.1) is 5.56 Å². The summed E-state index contributed by atoms with van der Waals surface area (Å²) in [4.78, 5) is 34.5. The van der Waals surface area contributed by atoms with E-state index in [4.69, 9.17) is 26.6 Å². The van der Waals surface area contributed by atoms with Crippen molar-refractivity contribution >= 4 is 29.4 Å². The van der Waals surface area contributed by atoms with E-state index in [1.807, 2.05) is 19.9 Å². The number of halogens is 1. The second kappa shape index (κ2) is 9.50. The number of carboxylic acids is 2. The fraction of sp³-hybridized carbons (Fsp3) is 0.522. The first kappa shape index (κ1) is 24.1. The van der Waals surface area contributed by atoms with E-state index >= 15 is 0 Å². The molecule has 2 saturated heterocycles. The van der Waals surface area contributed by atoms with Gasteiger partial charge in [-0.15, -0.1) is 0 Å². The number of hydrogen-bond donors (Lipinski definition) is 3. The van der Waals surface area contributed by atoms with Crippen molar-refractivity contribution in [2.45, 2.75) is 69.7 Å². The Kier molecular flexibility index (Phi) is 7.15. The number of aliphatic carboxylic acids is 2. The molecule has 0 aliphatic carbocycles. The Labute approximate surface area is 192 Å². The lowest BCUT2D eigenvalue weighted by Gasteiger charge is -2.36. The van der Waals surface area contributed by atoms with Crippen molar-refractivity contribution in [3.63, 3.8) is 0 Å². The molecular weight excluding hydrogens is 436 g/mol. The first-order chi connectivity index (χ1) is 14.9. The Balaban J connectivity index is 0.000000312. The molecule has 32 heavy (non-hydrogen) atoms. The highest BCUT2D eigenvalue weighted by atomic mass is 35.5. The van der Waals surface area contributed by atoms with Gasteiger partial charge in [0.2, 0.25) is 0 Å². The predicted octanol–water partition coefficient (Wildman–Crippen LogP) is 3.12. The first-order valence-corrected chi connectivity index (χ1v) is 11.0. The molecule has 4 rings (SSSR count). The van der Waals surface area contributed by atoms with Gasteiger partial charge >= 0.3 is 11.9 Å². The van der Waals surface area contributed by atoms with E-state index in [9.17, 15) is 14.4 Å². The average molecular weight is 465 g/mol. The molecule has 0 radical (unpaired) electrons. The smallest absolute Gasteiger partial charge is 0.328 e. The molecule has 8 nitrogen and oxygen atoms in total. The molecule has 0 saturated carbocycles. The zero-order valence-electron chi connectivity index (χ0n) is 18.4. The van der Waals surface area contributed by atoms with E-state index in [1.54, 1.807) is 6.07 Å². The lowest BCUT2D eigenvalue weighted by molar-refractivity contribution is -0.134. The van der Waals surface area contributed by atoms with Crippen molar-refractivity contribution in [1.82, 2.24) is 10.2 Å². The Morgan fingerprint density at radius 1 is 1.12 bits per heavy atom. The minimum Gasteiger partial charge on any atom is -0.486 e. The fourth-order valence-corrected chi connectivity index (χ4v) is 5.02. The lowest BCUT2D eigenvalue weighted by Crippen LogP contribution is -2.48. The summed E-state index contributed by atoms with van der Waals surface area (Å²) < 4.78 is 6.03. The van der Waals surface area contributed by atoms with Crippen LogP contribution in [0, 0.1) is 0 Å². The summed E-state index contributed by atoms with van der Waals surface area (Å²) in [7, 11) is 2.21. The third-order valence-electron chi connectivity index (χ3n) is 6.17. The molecule has 2 fully saturated rings. The van der Waals surface area contributed by atoms with E-state index < -0.39 is 11.9 Å². The van der Waals surface area contributed by atoms with Crippen molar-refractivity contribution in [1.29, 1.82) is 0 Å². The Hall–Kier alpha value is -2.58. The second-order valence-corrected chi connectivity index (χ2v) is 9.62. The highest BCUT2D eigenvalue weighted by molar-refractivity contribution is 6.31. The molecule has 9 heteroatoms. The molecule has 1 unspecified atom stereocenters. The van der Waals surface area contributed by atoms with Crippen molar-refractivity contribution in [2.75, 3.05) is 7.05 Å². The summed E-state index contributed by atoms with van der Waals surface area (Å²) in [6, 6.07) is 5.11. The van der Waals surface area contributed by atoms with Crippen LogP contribution < -0.4 is 10.1 Å². The molecule has 3 aliphatic heterocycles. The van der Waals surface area contributed by atoms with Crippen LogP contribution in [0.3, 0.4) is 0 Å². The van der Waals surface area contributed by atoms with E-state index in [-0.39, 0.29) is 17.6 Å². The Morgan fingerprint density at radius 2 is 1.69 bits per heavy atom. The lowest BCUT2D eigenvalue weighted by atomic mass is 9.97. The van der Waals surface area contributed by atoms with Gasteiger partial charge in [0.25, 0.3) is 5.91 Å². The highest BCUT2D eigenvalue weighted by Gasteiger charge is 2.40. The SMILES string of the molecule is CN1[C@@H]2CC[C@H]1CC(NC(=O)c1cc(Cl)cc3c1OC(C)(C)C3)C2.O=C(O)C=CC(=O)O. The van der Waals surface area contributed by atoms with Gasteiger partial charge in [0.15, 0.2) is 0 Å². The minimum atomic E-state index is -1.26. The highest BCUT2D eigenvalue weighted by Crippen LogP contribution is 2.40. The van der Waals surface area contributed by atoms with Crippen LogP contribution in [0.4, 0.5) is 0 Å². The molecule has 2 bridgehead atoms. The van der Waals surface area contributed by atoms with Crippen LogP contribution in [-0.4, -0.2) is 63.7 Å². The predicted molar refractivity (Wildman–Crippen MR) is 119 cm³/mol. The number of fused-ring (bicyclic) bond motifs is 3. The molecule has 1 aromatic rings. The van der Waals surface area contributed by atoms with Gasteiger partial charge in [-0.2, -0.15) is 0 Å². The fourth-order valence-electron chi connectivity index (χ4n) is 4.78. The van der Waals surface area contributed by atoms with Gasteiger partial charge in [0.1, 0.15) is 11.4 Å². The third kappa shape index (κ3) is 5.81. The second-order valence-electron chi connectivity index (χ2n) is 9.18. The number of amides is 1. The van der Waals surface area contributed by atoms with Gasteiger partial charge in [-0.3, -0.25) is 4.79 Å². The molecule has 3 N–H and O–H groups in total. The maximum Gasteiger partial charge on any atom is 0.328 e. The van der Waals surface area contributed by atoms with Gasteiger partial charge < -0.3 is 25.2 Å². The molecule has 1 amide bonds. The van der Waals surface area contributed by atoms with Crippen LogP contribution in [0.25, 0.3) is 0 Å². The van der Waals surface area contributed by atoms with Gasteiger partial charge in [-0.05, 0) is 58.7 Å². The van der Waals surface area contributed by atoms with Crippen LogP contribution in [-0.2, 0) is 16.0 Å². The largest absolute Gasteiger partial charge is 0.486 e. The number of piperidine rings is 1. The number of carboxylic acid groups (broad SMARTS) is 2. The molecule has 0 aromatic heterocycles. The maximum atomic E-state index is 12.9. The van der Waals surface area contributed by atoms with Gasteiger partial charge in [0, 0.05) is 47.3 Å². The summed E-state index contributed by atoms with van der Waals surface area (Å²) in [5.74, 6) is -1.86. The molecule has 174 valence electrons. The molecule has 3 atom stereocenters. The van der Waals surface area contributed by atoms with Crippen molar-refractivity contribution in [3.05, 3.63) is 40.4 Å². The number of hydrogen-bond acceptors (Lipinski definition) is 5. The number of carbonyl (C=O) groups excluding carboxylic acids is 1. The summed E-state index contributed by atoms with van der Waals surface area (Å²) in [6.07, 6.45) is 6.46. The number of carbonyl (C=O) groups is 3. The molecular formula is C23H29ClN2O6. The summed E-state index contributed by atoms with van der Waals surface area (Å²) in [6.45, 7) is 4.08. The number of rotatable bonds is 4. The minimum absolute atomic E-state index is 0.0552. The number of nitrogens with zero attached hydrogens (tertiary/aromatic N) is 1. The Morgan fingerprint density at radius 3 is 2.22 bits per heavy atom. The number of ether oxygens (including phenoxy) is 1. The van der Waals surface area contributed by atoms with Crippen LogP contribution >= 0.6 is 11.6 Å². The van der Waals surface area contributed by atoms with E-state index in [1.165, 1.54) is 12.8 Å². The molecule has 3 heterocycles. The van der Waals surface area contributed by atoms with E-state index in [2.05, 4.69) is 17.3 Å². The monoisotopic (exact) mass is 464 g/mol. The summed E-state index contributed by atoms with van der Waals surface area (Å²) in [5.41, 5.74) is 1.32. The first-order valence-electron chi connectivity index (χ1n) is 10.6. The quantitative estimate of drug-likeness (QED) is 0.586. The number of nitrogens with one attached hydrogen (secondary N) is 1. The van der Waals surface area contributed by atoms with Crippen LogP contribution in [0.1, 0.15) is 55.5 Å². The Bertz CT molecular complexity index is 915. The molecule has 0 spiro atoms. The topological polar surface area (TPSA) is 116 Å². The normalized spacial score (nSPS) is 25.4. The van der Waals surface area contributed by atoms with Crippen LogP contribution in [0.15, 0.2) is 24.3 Å². The summed E-state index contributed by atoms with van der Waals surface area (Å²) >= 11 is 6.24. The molecule has 1 aromatic carbocycles. The molecule has 3 aliphatic rings. The zero-order valence-corrected chi connectivity index (χ0v) is 19.2. The van der Waals surface area contributed by atoms with E-state index in [0.29, 0.717) is 40.6 Å². The van der Waals surface area contributed by atoms with Crippen LogP contribution in [0.2, 0.25) is 5.02 Å². The van der Waals surface area contributed by atoms with Crippen LogP contribution in [0.5, 0.6) is 5.75 Å². The van der Waals surface area contributed by atoms with Gasteiger partial charge in [-0.25, -0.2) is 9.59 Å². The maximum absolute atomic E-state index is 12.9. The van der Waals surface area contributed by atoms with Crippen molar-refractivity contribution < 1.29 is 29.3 Å².